The molecule has 164 valence electrons. The Labute approximate surface area is 182 Å². The number of esters is 1. The van der Waals surface area contributed by atoms with Gasteiger partial charge in [0.25, 0.3) is 0 Å². The molecule has 0 bridgehead atoms. The summed E-state index contributed by atoms with van der Waals surface area (Å²) in [5.41, 5.74) is 4.43. The van der Waals surface area contributed by atoms with Gasteiger partial charge < -0.3 is 19.9 Å². The predicted octanol–water partition coefficient (Wildman–Crippen LogP) is 4.03. The quantitative estimate of drug-likeness (QED) is 0.495. The number of nitrogens with one attached hydrogen (secondary N) is 1. The second kappa shape index (κ2) is 9.79. The Morgan fingerprint density at radius 2 is 1.61 bits per heavy atom. The number of fused-ring (bicyclic) bond motifs is 3. The number of hydrogen-bond donors (Lipinski definition) is 2. The van der Waals surface area contributed by atoms with Crippen molar-refractivity contribution >= 4 is 12.1 Å². The minimum absolute atomic E-state index is 0.0587. The normalized spacial score (nSPS) is 14.4. The van der Waals surface area contributed by atoms with Gasteiger partial charge in [0.1, 0.15) is 12.7 Å². The summed E-state index contributed by atoms with van der Waals surface area (Å²) in [6.07, 6.45) is -1.47. The summed E-state index contributed by atoms with van der Waals surface area (Å²) in [6.45, 7) is 7.69. The summed E-state index contributed by atoms with van der Waals surface area (Å²) in [6, 6.07) is 15.5. The van der Waals surface area contributed by atoms with Crippen LogP contribution in [-0.2, 0) is 14.3 Å². The van der Waals surface area contributed by atoms with E-state index >= 15 is 0 Å². The van der Waals surface area contributed by atoms with Crippen LogP contribution in [0.15, 0.2) is 60.7 Å². The number of carbonyl (C=O) groups excluding carboxylic acids is 2. The monoisotopic (exact) mass is 423 g/mol. The van der Waals surface area contributed by atoms with Crippen LogP contribution in [0.1, 0.15) is 37.3 Å². The number of benzene rings is 2. The molecule has 6 heteroatoms. The summed E-state index contributed by atoms with van der Waals surface area (Å²) in [5, 5.41) is 13.2. The molecule has 3 rings (SSSR count). The number of carbonyl (C=O) groups is 2. The van der Waals surface area contributed by atoms with Crippen LogP contribution in [0.3, 0.4) is 0 Å². The average molecular weight is 424 g/mol. The molecule has 2 aromatic carbocycles. The highest BCUT2D eigenvalue weighted by atomic mass is 16.5. The van der Waals surface area contributed by atoms with Crippen LogP contribution < -0.4 is 5.32 Å². The van der Waals surface area contributed by atoms with Crippen molar-refractivity contribution in [2.75, 3.05) is 13.7 Å². The van der Waals surface area contributed by atoms with Crippen LogP contribution in [0, 0.1) is 5.92 Å². The van der Waals surface area contributed by atoms with E-state index in [9.17, 15) is 14.7 Å². The van der Waals surface area contributed by atoms with E-state index in [-0.39, 0.29) is 24.0 Å². The molecule has 0 aromatic heterocycles. The number of aliphatic hydroxyl groups is 1. The van der Waals surface area contributed by atoms with Gasteiger partial charge >= 0.3 is 12.1 Å². The molecule has 0 saturated heterocycles. The van der Waals surface area contributed by atoms with Gasteiger partial charge in [0, 0.05) is 5.92 Å². The average Bonchev–Trinajstić information content (AvgIpc) is 3.09. The van der Waals surface area contributed by atoms with Crippen LogP contribution in [0.5, 0.6) is 0 Å². The number of amides is 1. The van der Waals surface area contributed by atoms with Crippen molar-refractivity contribution in [1.29, 1.82) is 0 Å². The Bertz CT molecular complexity index is 922. The zero-order chi connectivity index (χ0) is 22.5. The maximum absolute atomic E-state index is 12.6. The molecule has 1 aliphatic rings. The first-order chi connectivity index (χ1) is 14.8. The molecular formula is C25H29NO5. The summed E-state index contributed by atoms with van der Waals surface area (Å²) in [5.74, 6) is -0.605. The van der Waals surface area contributed by atoms with Gasteiger partial charge in [-0.2, -0.15) is 0 Å². The van der Waals surface area contributed by atoms with Crippen molar-refractivity contribution in [3.8, 4) is 11.1 Å². The lowest BCUT2D eigenvalue weighted by molar-refractivity contribution is -0.137. The van der Waals surface area contributed by atoms with Gasteiger partial charge in [0.2, 0.25) is 0 Å². The lowest BCUT2D eigenvalue weighted by Crippen LogP contribution is -2.46. The fourth-order valence-corrected chi connectivity index (χ4v) is 4.06. The zero-order valence-corrected chi connectivity index (χ0v) is 18.1. The molecule has 0 heterocycles. The fourth-order valence-electron chi connectivity index (χ4n) is 4.06. The maximum atomic E-state index is 12.6. The van der Waals surface area contributed by atoms with E-state index in [4.69, 9.17) is 4.74 Å². The highest BCUT2D eigenvalue weighted by molar-refractivity contribution is 5.89. The Morgan fingerprint density at radius 1 is 1.06 bits per heavy atom. The van der Waals surface area contributed by atoms with Crippen molar-refractivity contribution in [2.24, 2.45) is 5.92 Å². The molecule has 2 aromatic rings. The topological polar surface area (TPSA) is 84.9 Å². The first kappa shape index (κ1) is 22.6. The molecule has 2 N–H and O–H groups in total. The summed E-state index contributed by atoms with van der Waals surface area (Å²) in [4.78, 5) is 24.3. The molecule has 0 unspecified atom stereocenters. The van der Waals surface area contributed by atoms with Gasteiger partial charge in [-0.1, -0.05) is 69.0 Å². The molecule has 6 nitrogen and oxygen atoms in total. The third-order valence-corrected chi connectivity index (χ3v) is 5.56. The van der Waals surface area contributed by atoms with E-state index in [1.807, 2.05) is 50.2 Å². The molecule has 0 radical (unpaired) electrons. The smallest absolute Gasteiger partial charge is 0.407 e. The van der Waals surface area contributed by atoms with E-state index in [2.05, 4.69) is 28.8 Å². The summed E-state index contributed by atoms with van der Waals surface area (Å²) >= 11 is 0. The number of ether oxygens (including phenoxy) is 2. The number of alkyl carbamates (subject to hydrolysis) is 1. The Hall–Kier alpha value is -3.12. The summed E-state index contributed by atoms with van der Waals surface area (Å²) in [7, 11) is 1.22. The highest BCUT2D eigenvalue weighted by Gasteiger charge is 2.31. The van der Waals surface area contributed by atoms with Gasteiger partial charge in [0.15, 0.2) is 0 Å². The molecule has 31 heavy (non-hydrogen) atoms. The van der Waals surface area contributed by atoms with Crippen molar-refractivity contribution in [2.45, 2.75) is 38.3 Å². The molecule has 2 atom stereocenters. The standard InChI is InChI=1S/C25H29NO5/c1-15(2)13-22(23(27)16(3)24(28)30-4)26-25(29)31-14-21-19-11-7-5-9-17(19)18-10-6-8-12-20(18)21/h5-12,15,21-23,27H,3,13-14H2,1-2,4H3,(H,26,29)/t22-,23+/m0/s1. The van der Waals surface area contributed by atoms with Crippen LogP contribution in [0.25, 0.3) is 11.1 Å². The van der Waals surface area contributed by atoms with Gasteiger partial charge in [-0.15, -0.1) is 0 Å². The molecular weight excluding hydrogens is 394 g/mol. The van der Waals surface area contributed by atoms with E-state index in [0.29, 0.717) is 6.42 Å². The van der Waals surface area contributed by atoms with Crippen molar-refractivity contribution < 1.29 is 24.2 Å². The Morgan fingerprint density at radius 3 is 2.13 bits per heavy atom. The van der Waals surface area contributed by atoms with E-state index in [0.717, 1.165) is 22.3 Å². The largest absolute Gasteiger partial charge is 0.466 e. The molecule has 1 amide bonds. The van der Waals surface area contributed by atoms with Crippen LogP contribution in [0.2, 0.25) is 0 Å². The molecule has 0 spiro atoms. The molecule has 1 aliphatic carbocycles. The van der Waals surface area contributed by atoms with Gasteiger partial charge in [0.05, 0.1) is 18.7 Å². The lowest BCUT2D eigenvalue weighted by atomic mass is 9.95. The first-order valence-electron chi connectivity index (χ1n) is 10.4. The molecule has 0 aliphatic heterocycles. The zero-order valence-electron chi connectivity index (χ0n) is 18.1. The van der Waals surface area contributed by atoms with E-state index in [1.54, 1.807) is 0 Å². The first-order valence-corrected chi connectivity index (χ1v) is 10.4. The number of hydrogen-bond acceptors (Lipinski definition) is 5. The molecule has 0 saturated carbocycles. The van der Waals surface area contributed by atoms with Crippen molar-refractivity contribution in [3.63, 3.8) is 0 Å². The van der Waals surface area contributed by atoms with Crippen molar-refractivity contribution in [1.82, 2.24) is 5.32 Å². The second-order valence-corrected chi connectivity index (χ2v) is 8.17. The minimum atomic E-state index is -1.27. The van der Waals surface area contributed by atoms with Crippen LogP contribution in [-0.4, -0.2) is 43.0 Å². The Kier molecular flexibility index (Phi) is 7.13. The Balaban J connectivity index is 1.69. The van der Waals surface area contributed by atoms with Crippen molar-refractivity contribution in [3.05, 3.63) is 71.8 Å². The third kappa shape index (κ3) is 4.97. The predicted molar refractivity (Wildman–Crippen MR) is 119 cm³/mol. The fraction of sp³-hybridized carbons (Fsp3) is 0.360. The number of rotatable bonds is 8. The SMILES string of the molecule is C=C(C(=O)OC)[C@@H](O)[C@H](CC(C)C)NC(=O)OCC1c2ccccc2-c2ccccc21. The highest BCUT2D eigenvalue weighted by Crippen LogP contribution is 2.44. The second-order valence-electron chi connectivity index (χ2n) is 8.17. The van der Waals surface area contributed by atoms with E-state index < -0.39 is 24.2 Å². The maximum Gasteiger partial charge on any atom is 0.407 e. The third-order valence-electron chi connectivity index (χ3n) is 5.56. The molecule has 0 fully saturated rings. The van der Waals surface area contributed by atoms with Gasteiger partial charge in [-0.3, -0.25) is 0 Å². The number of methoxy groups -OCH3 is 1. The number of aliphatic hydroxyl groups excluding tert-OH is 1. The van der Waals surface area contributed by atoms with Crippen LogP contribution >= 0.6 is 0 Å². The van der Waals surface area contributed by atoms with Gasteiger partial charge in [-0.25, -0.2) is 9.59 Å². The van der Waals surface area contributed by atoms with Gasteiger partial charge in [-0.05, 0) is 34.6 Å². The minimum Gasteiger partial charge on any atom is -0.466 e. The van der Waals surface area contributed by atoms with Crippen LogP contribution in [0.4, 0.5) is 4.79 Å². The summed E-state index contributed by atoms with van der Waals surface area (Å²) < 4.78 is 10.2. The lowest BCUT2D eigenvalue weighted by Gasteiger charge is -2.26. The van der Waals surface area contributed by atoms with E-state index in [1.165, 1.54) is 7.11 Å².